The van der Waals surface area contributed by atoms with E-state index in [-0.39, 0.29) is 10.9 Å². The van der Waals surface area contributed by atoms with Crippen LogP contribution < -0.4 is 4.72 Å². The van der Waals surface area contributed by atoms with Gasteiger partial charge in [0.2, 0.25) is 10.0 Å². The zero-order chi connectivity index (χ0) is 16.4. The highest BCUT2D eigenvalue weighted by Crippen LogP contribution is 2.29. The molecule has 0 aliphatic carbocycles. The fourth-order valence-electron chi connectivity index (χ4n) is 2.57. The van der Waals surface area contributed by atoms with E-state index in [0.29, 0.717) is 10.4 Å². The van der Waals surface area contributed by atoms with E-state index in [0.717, 1.165) is 10.9 Å². The van der Waals surface area contributed by atoms with E-state index in [4.69, 9.17) is 11.6 Å². The van der Waals surface area contributed by atoms with Gasteiger partial charge in [-0.3, -0.25) is 0 Å². The van der Waals surface area contributed by atoms with Crippen molar-refractivity contribution in [2.45, 2.75) is 17.9 Å². The average Bonchev–Trinajstić information content (AvgIpc) is 2.55. The van der Waals surface area contributed by atoms with E-state index in [1.165, 1.54) is 0 Å². The van der Waals surface area contributed by atoms with Gasteiger partial charge in [-0.15, -0.1) is 0 Å². The van der Waals surface area contributed by atoms with Crippen LogP contribution in [0.2, 0.25) is 5.02 Å². The Kier molecular flexibility index (Phi) is 4.39. The minimum atomic E-state index is -3.66. The fourth-order valence-corrected chi connectivity index (χ4v) is 4.25. The molecule has 5 heteroatoms. The normalized spacial score (nSPS) is 13.1. The monoisotopic (exact) mass is 345 g/mol. The van der Waals surface area contributed by atoms with Gasteiger partial charge in [-0.1, -0.05) is 66.2 Å². The van der Waals surface area contributed by atoms with E-state index < -0.39 is 10.0 Å². The summed E-state index contributed by atoms with van der Waals surface area (Å²) in [7, 11) is -3.66. The number of hydrogen-bond donors (Lipinski definition) is 1. The molecule has 23 heavy (non-hydrogen) atoms. The number of rotatable bonds is 4. The van der Waals surface area contributed by atoms with Crippen LogP contribution in [0, 0.1) is 0 Å². The minimum absolute atomic E-state index is 0.236. The summed E-state index contributed by atoms with van der Waals surface area (Å²) in [5, 5.41) is 1.88. The predicted octanol–water partition coefficient (Wildman–Crippen LogP) is 4.53. The summed E-state index contributed by atoms with van der Waals surface area (Å²) in [4.78, 5) is 0.236. The van der Waals surface area contributed by atoms with E-state index in [1.807, 2.05) is 49.4 Å². The summed E-state index contributed by atoms with van der Waals surface area (Å²) in [6.07, 6.45) is 0. The maximum atomic E-state index is 12.8. The Morgan fingerprint density at radius 3 is 2.17 bits per heavy atom. The van der Waals surface area contributed by atoms with Crippen LogP contribution in [0.15, 0.2) is 71.6 Å². The Morgan fingerprint density at radius 1 is 0.870 bits per heavy atom. The lowest BCUT2D eigenvalue weighted by Gasteiger charge is -2.16. The maximum Gasteiger partial charge on any atom is 0.241 e. The SMILES string of the molecule is C[C@@H](NS(=O)(=O)c1ccc(Cl)c2ccccc12)c1ccccc1. The van der Waals surface area contributed by atoms with Gasteiger partial charge in [0.15, 0.2) is 0 Å². The van der Waals surface area contributed by atoms with Crippen LogP contribution >= 0.6 is 11.6 Å². The highest BCUT2D eigenvalue weighted by atomic mass is 35.5. The topological polar surface area (TPSA) is 46.2 Å². The van der Waals surface area contributed by atoms with Gasteiger partial charge in [-0.2, -0.15) is 0 Å². The molecule has 0 radical (unpaired) electrons. The minimum Gasteiger partial charge on any atom is -0.207 e. The first-order valence-electron chi connectivity index (χ1n) is 7.23. The van der Waals surface area contributed by atoms with E-state index in [1.54, 1.807) is 24.3 Å². The molecule has 0 heterocycles. The smallest absolute Gasteiger partial charge is 0.207 e. The van der Waals surface area contributed by atoms with E-state index >= 15 is 0 Å². The second kappa shape index (κ2) is 6.32. The molecule has 0 unspecified atom stereocenters. The number of hydrogen-bond acceptors (Lipinski definition) is 2. The average molecular weight is 346 g/mol. The van der Waals surface area contributed by atoms with Gasteiger partial charge in [0.05, 0.1) is 4.90 Å². The Balaban J connectivity index is 2.02. The lowest BCUT2D eigenvalue weighted by molar-refractivity contribution is 0.568. The molecule has 0 amide bonds. The molecule has 1 atom stereocenters. The van der Waals surface area contributed by atoms with Crippen LogP contribution in [0.1, 0.15) is 18.5 Å². The van der Waals surface area contributed by atoms with Crippen molar-refractivity contribution in [1.82, 2.24) is 4.72 Å². The third-order valence-corrected chi connectivity index (χ3v) is 5.68. The van der Waals surface area contributed by atoms with Gasteiger partial charge in [-0.05, 0) is 24.6 Å². The standard InChI is InChI=1S/C18H16ClNO2S/c1-13(14-7-3-2-4-8-14)20-23(21,22)18-12-11-17(19)15-9-5-6-10-16(15)18/h2-13,20H,1H3/t13-/m1/s1. The molecule has 0 aliphatic rings. The van der Waals surface area contributed by atoms with Crippen LogP contribution in [-0.2, 0) is 10.0 Å². The van der Waals surface area contributed by atoms with Crippen molar-refractivity contribution in [2.75, 3.05) is 0 Å². The molecule has 0 aromatic heterocycles. The fraction of sp³-hybridized carbons (Fsp3) is 0.111. The maximum absolute atomic E-state index is 12.8. The Morgan fingerprint density at radius 2 is 1.48 bits per heavy atom. The zero-order valence-electron chi connectivity index (χ0n) is 12.5. The molecule has 3 rings (SSSR count). The van der Waals surface area contributed by atoms with Crippen molar-refractivity contribution in [2.24, 2.45) is 0 Å². The molecule has 3 aromatic rings. The van der Waals surface area contributed by atoms with Gasteiger partial charge >= 0.3 is 0 Å². The molecule has 0 fully saturated rings. The first-order valence-corrected chi connectivity index (χ1v) is 9.10. The predicted molar refractivity (Wildman–Crippen MR) is 94.1 cm³/mol. The van der Waals surface area contributed by atoms with Crippen LogP contribution in [0.3, 0.4) is 0 Å². The highest BCUT2D eigenvalue weighted by molar-refractivity contribution is 7.89. The van der Waals surface area contributed by atoms with Crippen molar-refractivity contribution < 1.29 is 8.42 Å². The van der Waals surface area contributed by atoms with Gasteiger partial charge in [0, 0.05) is 21.8 Å². The summed E-state index contributed by atoms with van der Waals surface area (Å²) in [6.45, 7) is 1.82. The molecule has 0 aliphatic heterocycles. The van der Waals surface area contributed by atoms with Gasteiger partial charge in [0.25, 0.3) is 0 Å². The largest absolute Gasteiger partial charge is 0.241 e. The quantitative estimate of drug-likeness (QED) is 0.755. The van der Waals surface area contributed by atoms with Crippen LogP contribution in [0.4, 0.5) is 0 Å². The summed E-state index contributed by atoms with van der Waals surface area (Å²) >= 11 is 6.17. The summed E-state index contributed by atoms with van der Waals surface area (Å²) in [6, 6.07) is 19.5. The molecule has 1 N–H and O–H groups in total. The third kappa shape index (κ3) is 3.24. The molecule has 0 bridgehead atoms. The lowest BCUT2D eigenvalue weighted by Crippen LogP contribution is -2.27. The van der Waals surface area contributed by atoms with Crippen molar-refractivity contribution in [3.8, 4) is 0 Å². The van der Waals surface area contributed by atoms with Gasteiger partial charge in [0.1, 0.15) is 0 Å². The molecule has 118 valence electrons. The molecular formula is C18H16ClNO2S. The lowest BCUT2D eigenvalue weighted by atomic mass is 10.1. The van der Waals surface area contributed by atoms with Crippen LogP contribution in [-0.4, -0.2) is 8.42 Å². The van der Waals surface area contributed by atoms with Gasteiger partial charge in [-0.25, -0.2) is 13.1 Å². The van der Waals surface area contributed by atoms with Gasteiger partial charge < -0.3 is 0 Å². The second-order valence-corrected chi connectivity index (χ2v) is 7.43. The number of halogens is 1. The highest BCUT2D eigenvalue weighted by Gasteiger charge is 2.21. The van der Waals surface area contributed by atoms with Crippen molar-refractivity contribution >= 4 is 32.4 Å². The molecule has 0 saturated heterocycles. The molecule has 0 saturated carbocycles. The summed E-state index contributed by atoms with van der Waals surface area (Å²) in [5.41, 5.74) is 0.911. The Hall–Kier alpha value is -1.88. The van der Waals surface area contributed by atoms with Crippen molar-refractivity contribution in [1.29, 1.82) is 0 Å². The molecule has 0 spiro atoms. The Labute approximate surface area is 141 Å². The van der Waals surface area contributed by atoms with Crippen molar-refractivity contribution in [3.63, 3.8) is 0 Å². The zero-order valence-corrected chi connectivity index (χ0v) is 14.1. The molecular weight excluding hydrogens is 330 g/mol. The number of sulfonamides is 1. The number of benzene rings is 3. The number of fused-ring (bicyclic) bond motifs is 1. The number of nitrogens with one attached hydrogen (secondary N) is 1. The van der Waals surface area contributed by atoms with E-state index in [2.05, 4.69) is 4.72 Å². The van der Waals surface area contributed by atoms with Crippen LogP contribution in [0.5, 0.6) is 0 Å². The summed E-state index contributed by atoms with van der Waals surface area (Å²) in [5.74, 6) is 0. The first kappa shape index (κ1) is 16.0. The van der Waals surface area contributed by atoms with Crippen molar-refractivity contribution in [3.05, 3.63) is 77.3 Å². The second-order valence-electron chi connectivity index (χ2n) is 5.34. The molecule has 3 aromatic carbocycles. The Bertz CT molecular complexity index is 940. The first-order chi connectivity index (χ1) is 11.0. The molecule has 3 nitrogen and oxygen atoms in total. The third-order valence-electron chi connectivity index (χ3n) is 3.75. The van der Waals surface area contributed by atoms with Crippen LogP contribution in [0.25, 0.3) is 10.8 Å². The van der Waals surface area contributed by atoms with E-state index in [9.17, 15) is 8.42 Å². The summed E-state index contributed by atoms with van der Waals surface area (Å²) < 4.78 is 28.3.